The van der Waals surface area contributed by atoms with E-state index >= 15 is 0 Å². The first-order chi connectivity index (χ1) is 8.04. The number of nitrogens with zero attached hydrogens (tertiary/aromatic N) is 1. The van der Waals surface area contributed by atoms with Gasteiger partial charge in [-0.2, -0.15) is 0 Å². The van der Waals surface area contributed by atoms with Gasteiger partial charge in [0.15, 0.2) is 0 Å². The molecule has 17 heavy (non-hydrogen) atoms. The lowest BCUT2D eigenvalue weighted by Gasteiger charge is -2.25. The van der Waals surface area contributed by atoms with Crippen molar-refractivity contribution in [3.63, 3.8) is 0 Å². The fraction of sp³-hybridized carbons (Fsp3) is 0.818. The maximum atomic E-state index is 12.0. The third-order valence-corrected chi connectivity index (χ3v) is 2.80. The van der Waals surface area contributed by atoms with Crippen LogP contribution in [-0.4, -0.2) is 56.3 Å². The molecule has 0 rings (SSSR count). The largest absolute Gasteiger partial charge is 0.393 e. The van der Waals surface area contributed by atoms with Crippen LogP contribution in [0.5, 0.6) is 0 Å². The zero-order valence-corrected chi connectivity index (χ0v) is 11.6. The van der Waals surface area contributed by atoms with Crippen LogP contribution in [0.2, 0.25) is 0 Å². The average molecular weight is 262 g/mol. The van der Waals surface area contributed by atoms with Crippen molar-refractivity contribution in [3.05, 3.63) is 0 Å². The zero-order valence-electron chi connectivity index (χ0n) is 10.8. The molecule has 6 heteroatoms. The van der Waals surface area contributed by atoms with Crippen LogP contribution in [-0.2, 0) is 14.3 Å². The maximum absolute atomic E-state index is 12.0. The van der Waals surface area contributed by atoms with Gasteiger partial charge in [-0.05, 0) is 13.3 Å². The van der Waals surface area contributed by atoms with Crippen LogP contribution in [0.1, 0.15) is 13.3 Å². The lowest BCUT2D eigenvalue weighted by Crippen LogP contribution is -2.42. The van der Waals surface area contributed by atoms with E-state index < -0.39 is 5.92 Å². The van der Waals surface area contributed by atoms with E-state index in [1.54, 1.807) is 26.0 Å². The predicted octanol–water partition coefficient (Wildman–Crippen LogP) is 0.420. The zero-order chi connectivity index (χ0) is 13.3. The number of methoxy groups -OCH3 is 2. The number of hydrogen-bond donors (Lipinski definition) is 1. The Kier molecular flexibility index (Phi) is 8.93. The van der Waals surface area contributed by atoms with Crippen molar-refractivity contribution in [1.29, 1.82) is 0 Å². The molecule has 0 saturated carbocycles. The molecule has 2 N–H and O–H groups in total. The smallest absolute Gasteiger partial charge is 0.232 e. The monoisotopic (exact) mass is 262 g/mol. The van der Waals surface area contributed by atoms with Gasteiger partial charge < -0.3 is 20.1 Å². The third-order valence-electron chi connectivity index (χ3n) is 2.45. The SMILES string of the molecule is COCCCN(CCOC)C(=O)C(C)C(N)=S. The highest BCUT2D eigenvalue weighted by Gasteiger charge is 2.21. The van der Waals surface area contributed by atoms with E-state index in [2.05, 4.69) is 0 Å². The van der Waals surface area contributed by atoms with Crippen LogP contribution in [0.25, 0.3) is 0 Å². The fourth-order valence-electron chi connectivity index (χ4n) is 1.33. The van der Waals surface area contributed by atoms with Crippen molar-refractivity contribution in [3.8, 4) is 0 Å². The molecule has 0 aromatic heterocycles. The molecule has 0 radical (unpaired) electrons. The highest BCUT2D eigenvalue weighted by atomic mass is 32.1. The molecule has 0 saturated heterocycles. The van der Waals surface area contributed by atoms with E-state index in [4.69, 9.17) is 27.4 Å². The lowest BCUT2D eigenvalue weighted by atomic mass is 10.1. The van der Waals surface area contributed by atoms with Gasteiger partial charge in [-0.15, -0.1) is 0 Å². The van der Waals surface area contributed by atoms with Gasteiger partial charge >= 0.3 is 0 Å². The number of hydrogen-bond acceptors (Lipinski definition) is 4. The second-order valence-corrected chi connectivity index (χ2v) is 4.26. The molecule has 0 aromatic carbocycles. The van der Waals surface area contributed by atoms with E-state index in [0.717, 1.165) is 6.42 Å². The number of nitrogens with two attached hydrogens (primary N) is 1. The second-order valence-electron chi connectivity index (χ2n) is 3.79. The first kappa shape index (κ1) is 16.3. The minimum Gasteiger partial charge on any atom is -0.393 e. The van der Waals surface area contributed by atoms with E-state index in [-0.39, 0.29) is 10.9 Å². The van der Waals surface area contributed by atoms with Gasteiger partial charge in [0.05, 0.1) is 17.5 Å². The summed E-state index contributed by atoms with van der Waals surface area (Å²) >= 11 is 4.84. The number of thiocarbonyl (C=S) groups is 1. The summed E-state index contributed by atoms with van der Waals surface area (Å²) in [5.41, 5.74) is 5.49. The summed E-state index contributed by atoms with van der Waals surface area (Å²) in [7, 11) is 3.24. The van der Waals surface area contributed by atoms with Crippen molar-refractivity contribution in [2.45, 2.75) is 13.3 Å². The average Bonchev–Trinajstić information content (AvgIpc) is 2.31. The van der Waals surface area contributed by atoms with E-state index in [9.17, 15) is 4.79 Å². The predicted molar refractivity (Wildman–Crippen MR) is 70.9 cm³/mol. The summed E-state index contributed by atoms with van der Waals surface area (Å²) < 4.78 is 9.94. The van der Waals surface area contributed by atoms with Crippen LogP contribution in [0.15, 0.2) is 0 Å². The summed E-state index contributed by atoms with van der Waals surface area (Å²) in [6.07, 6.45) is 0.788. The number of ether oxygens (including phenoxy) is 2. The number of carbonyl (C=O) groups excluding carboxylic acids is 1. The fourth-order valence-corrected chi connectivity index (χ4v) is 1.43. The standard InChI is InChI=1S/C11H22N2O3S/c1-9(10(12)17)11(14)13(6-8-16-3)5-4-7-15-2/h9H,4-8H2,1-3H3,(H2,12,17). The molecule has 100 valence electrons. The molecule has 1 unspecified atom stereocenters. The molecule has 0 aliphatic carbocycles. The second kappa shape index (κ2) is 9.32. The number of rotatable bonds is 9. The van der Waals surface area contributed by atoms with Gasteiger partial charge in [0, 0.05) is 33.9 Å². The summed E-state index contributed by atoms with van der Waals surface area (Å²) in [4.78, 5) is 14.0. The third kappa shape index (κ3) is 6.55. The molecule has 0 aliphatic heterocycles. The molecule has 1 amide bonds. The summed E-state index contributed by atoms with van der Waals surface area (Å²) in [5, 5.41) is 0. The Morgan fingerprint density at radius 3 is 2.35 bits per heavy atom. The Balaban J connectivity index is 4.33. The molecule has 0 spiro atoms. The van der Waals surface area contributed by atoms with E-state index in [1.807, 2.05) is 0 Å². The molecule has 0 fully saturated rings. The summed E-state index contributed by atoms with van der Waals surface area (Å²) in [6, 6.07) is 0. The summed E-state index contributed by atoms with van der Waals surface area (Å²) in [6.45, 7) is 4.02. The Morgan fingerprint density at radius 1 is 1.29 bits per heavy atom. The van der Waals surface area contributed by atoms with Crippen LogP contribution in [0, 0.1) is 5.92 Å². The Hall–Kier alpha value is -0.720. The maximum Gasteiger partial charge on any atom is 0.232 e. The number of amides is 1. The quantitative estimate of drug-likeness (QED) is 0.482. The first-order valence-electron chi connectivity index (χ1n) is 5.60. The minimum absolute atomic E-state index is 0.0503. The van der Waals surface area contributed by atoms with Crippen molar-refractivity contribution in [2.24, 2.45) is 11.7 Å². The van der Waals surface area contributed by atoms with Crippen molar-refractivity contribution >= 4 is 23.1 Å². The molecule has 0 aliphatic rings. The van der Waals surface area contributed by atoms with Gasteiger partial charge in [-0.3, -0.25) is 4.79 Å². The molecular formula is C11H22N2O3S. The van der Waals surface area contributed by atoms with E-state index in [0.29, 0.717) is 26.3 Å². The van der Waals surface area contributed by atoms with Gasteiger partial charge in [0.1, 0.15) is 0 Å². The lowest BCUT2D eigenvalue weighted by molar-refractivity contribution is -0.133. The highest BCUT2D eigenvalue weighted by molar-refractivity contribution is 7.80. The minimum atomic E-state index is -0.426. The highest BCUT2D eigenvalue weighted by Crippen LogP contribution is 2.04. The molecule has 1 atom stereocenters. The molecule has 0 heterocycles. The van der Waals surface area contributed by atoms with Crippen molar-refractivity contribution < 1.29 is 14.3 Å². The van der Waals surface area contributed by atoms with Crippen LogP contribution in [0.4, 0.5) is 0 Å². The van der Waals surface area contributed by atoms with Gasteiger partial charge in [0.2, 0.25) is 5.91 Å². The Bertz CT molecular complexity index is 249. The van der Waals surface area contributed by atoms with Crippen LogP contribution in [0.3, 0.4) is 0 Å². The Labute approximate surface area is 108 Å². The first-order valence-corrected chi connectivity index (χ1v) is 6.01. The molecular weight excluding hydrogens is 240 g/mol. The number of carbonyl (C=O) groups is 1. The molecule has 0 aromatic rings. The molecule has 0 bridgehead atoms. The normalized spacial score (nSPS) is 12.2. The van der Waals surface area contributed by atoms with Crippen LogP contribution >= 0.6 is 12.2 Å². The molecule has 5 nitrogen and oxygen atoms in total. The summed E-state index contributed by atoms with van der Waals surface area (Å²) in [5.74, 6) is -0.477. The van der Waals surface area contributed by atoms with Gasteiger partial charge in [0.25, 0.3) is 0 Å². The van der Waals surface area contributed by atoms with Crippen LogP contribution < -0.4 is 5.73 Å². The van der Waals surface area contributed by atoms with Gasteiger partial charge in [-0.25, -0.2) is 0 Å². The van der Waals surface area contributed by atoms with E-state index in [1.165, 1.54) is 0 Å². The van der Waals surface area contributed by atoms with Gasteiger partial charge in [-0.1, -0.05) is 12.2 Å². The topological polar surface area (TPSA) is 64.8 Å². The van der Waals surface area contributed by atoms with Crippen molar-refractivity contribution in [2.75, 3.05) is 40.5 Å². The van der Waals surface area contributed by atoms with Crippen molar-refractivity contribution in [1.82, 2.24) is 4.90 Å². The Morgan fingerprint density at radius 2 is 1.88 bits per heavy atom.